The van der Waals surface area contributed by atoms with Crippen LogP contribution >= 0.6 is 0 Å². The predicted octanol–water partition coefficient (Wildman–Crippen LogP) is 3.75. The minimum Gasteiger partial charge on any atom is -0.371 e. The Kier molecular flexibility index (Phi) is 5.00. The zero-order valence-corrected chi connectivity index (χ0v) is 12.2. The number of nitrogens with zero attached hydrogens (tertiary/aromatic N) is 1. The van der Waals surface area contributed by atoms with E-state index in [4.69, 9.17) is 0 Å². The Bertz CT molecular complexity index is 419. The highest BCUT2D eigenvalue weighted by Gasteiger charge is 2.18. The Labute approximate surface area is 116 Å². The number of carbonyl (C=O) groups excluding carboxylic acids is 1. The monoisotopic (exact) mass is 259 g/mol. The first kappa shape index (κ1) is 14.1. The molecular weight excluding hydrogens is 234 g/mol. The molecule has 104 valence electrons. The summed E-state index contributed by atoms with van der Waals surface area (Å²) in [5.74, 6) is 0.279. The molecule has 1 heterocycles. The molecule has 2 rings (SSSR count). The summed E-state index contributed by atoms with van der Waals surface area (Å²) in [7, 11) is 0. The van der Waals surface area contributed by atoms with E-state index in [0.717, 1.165) is 32.2 Å². The molecule has 2 heteroatoms. The van der Waals surface area contributed by atoms with Crippen LogP contribution in [0.2, 0.25) is 0 Å². The van der Waals surface area contributed by atoms with Gasteiger partial charge >= 0.3 is 0 Å². The molecule has 0 atom stereocenters. The number of unbranched alkanes of at least 4 members (excludes halogenated alkanes) is 1. The van der Waals surface area contributed by atoms with Gasteiger partial charge in [-0.15, -0.1) is 0 Å². The van der Waals surface area contributed by atoms with Crippen LogP contribution in [0.5, 0.6) is 0 Å². The zero-order chi connectivity index (χ0) is 13.7. The van der Waals surface area contributed by atoms with Crippen LogP contribution in [-0.4, -0.2) is 19.4 Å². The Morgan fingerprint density at radius 2 is 2.05 bits per heavy atom. The highest BCUT2D eigenvalue weighted by molar-refractivity contribution is 5.56. The van der Waals surface area contributed by atoms with Gasteiger partial charge in [-0.25, -0.2) is 0 Å². The quantitative estimate of drug-likeness (QED) is 0.751. The molecule has 1 fully saturated rings. The third-order valence-electron chi connectivity index (χ3n) is 4.22. The lowest BCUT2D eigenvalue weighted by Crippen LogP contribution is -2.34. The molecule has 1 saturated heterocycles. The Morgan fingerprint density at radius 1 is 1.32 bits per heavy atom. The van der Waals surface area contributed by atoms with Crippen LogP contribution in [0, 0.1) is 12.8 Å². The highest BCUT2D eigenvalue weighted by Crippen LogP contribution is 2.25. The van der Waals surface area contributed by atoms with Crippen LogP contribution in [0.3, 0.4) is 0 Å². The van der Waals surface area contributed by atoms with Crippen molar-refractivity contribution in [1.29, 1.82) is 0 Å². The number of rotatable bonds is 5. The van der Waals surface area contributed by atoms with Gasteiger partial charge in [0.05, 0.1) is 0 Å². The number of benzene rings is 1. The number of anilines is 1. The van der Waals surface area contributed by atoms with E-state index in [0.29, 0.717) is 0 Å². The Balaban J connectivity index is 2.01. The molecule has 0 radical (unpaired) electrons. The van der Waals surface area contributed by atoms with Crippen LogP contribution in [0.4, 0.5) is 5.69 Å². The first-order valence-electron chi connectivity index (χ1n) is 7.54. The fourth-order valence-electron chi connectivity index (χ4n) is 2.82. The first-order valence-corrected chi connectivity index (χ1v) is 7.54. The molecule has 0 unspecified atom stereocenters. The Morgan fingerprint density at radius 3 is 2.63 bits per heavy atom. The molecule has 0 aliphatic carbocycles. The number of aryl methyl sites for hydroxylation is 2. The van der Waals surface area contributed by atoms with Gasteiger partial charge in [0, 0.05) is 24.7 Å². The summed E-state index contributed by atoms with van der Waals surface area (Å²) in [6.07, 6.45) is 6.83. The van der Waals surface area contributed by atoms with E-state index in [-0.39, 0.29) is 5.92 Å². The second-order valence-corrected chi connectivity index (χ2v) is 5.67. The molecule has 1 aliphatic rings. The fraction of sp³-hybridized carbons (Fsp3) is 0.588. The van der Waals surface area contributed by atoms with Crippen LogP contribution in [0.15, 0.2) is 18.2 Å². The van der Waals surface area contributed by atoms with E-state index in [1.165, 1.54) is 36.1 Å². The van der Waals surface area contributed by atoms with Crippen LogP contribution in [0.25, 0.3) is 0 Å². The minimum atomic E-state index is 0.279. The van der Waals surface area contributed by atoms with E-state index in [2.05, 4.69) is 36.9 Å². The molecular formula is C17H25NO. The molecule has 0 aromatic heterocycles. The topological polar surface area (TPSA) is 20.3 Å². The zero-order valence-electron chi connectivity index (χ0n) is 12.2. The summed E-state index contributed by atoms with van der Waals surface area (Å²) in [5, 5.41) is 0. The molecule has 1 aliphatic heterocycles. The normalized spacial score (nSPS) is 16.6. The number of carbonyl (C=O) groups is 1. The first-order chi connectivity index (χ1) is 9.24. The van der Waals surface area contributed by atoms with Gasteiger partial charge in [-0.3, -0.25) is 0 Å². The number of aldehydes is 1. The average molecular weight is 259 g/mol. The van der Waals surface area contributed by atoms with Gasteiger partial charge in [0.15, 0.2) is 0 Å². The number of hydrogen-bond acceptors (Lipinski definition) is 2. The van der Waals surface area contributed by atoms with Crippen molar-refractivity contribution in [3.8, 4) is 0 Å². The lowest BCUT2D eigenvalue weighted by Gasteiger charge is -2.32. The van der Waals surface area contributed by atoms with Crippen molar-refractivity contribution in [3.05, 3.63) is 29.3 Å². The molecule has 0 bridgehead atoms. The molecule has 2 nitrogen and oxygen atoms in total. The largest absolute Gasteiger partial charge is 0.371 e. The van der Waals surface area contributed by atoms with Gasteiger partial charge < -0.3 is 9.69 Å². The average Bonchev–Trinajstić information content (AvgIpc) is 2.46. The number of piperidine rings is 1. The molecule has 0 saturated carbocycles. The predicted molar refractivity (Wildman–Crippen MR) is 80.8 cm³/mol. The second-order valence-electron chi connectivity index (χ2n) is 5.67. The minimum absolute atomic E-state index is 0.279. The Hall–Kier alpha value is -1.31. The van der Waals surface area contributed by atoms with Crippen molar-refractivity contribution >= 4 is 12.0 Å². The molecule has 0 amide bonds. The summed E-state index contributed by atoms with van der Waals surface area (Å²) in [5.41, 5.74) is 4.21. The van der Waals surface area contributed by atoms with Gasteiger partial charge in [-0.1, -0.05) is 19.4 Å². The lowest BCUT2D eigenvalue weighted by molar-refractivity contribution is -0.111. The molecule has 1 aromatic carbocycles. The van der Waals surface area contributed by atoms with Gasteiger partial charge in [0.1, 0.15) is 6.29 Å². The SMILES string of the molecule is CCCCc1ccc(N2CCC(C=O)CC2)cc1C. The van der Waals surface area contributed by atoms with Crippen molar-refractivity contribution < 1.29 is 4.79 Å². The third-order valence-corrected chi connectivity index (χ3v) is 4.22. The van der Waals surface area contributed by atoms with Gasteiger partial charge in [0.25, 0.3) is 0 Å². The summed E-state index contributed by atoms with van der Waals surface area (Å²) in [4.78, 5) is 13.2. The third kappa shape index (κ3) is 3.59. The lowest BCUT2D eigenvalue weighted by atomic mass is 9.97. The fourth-order valence-corrected chi connectivity index (χ4v) is 2.82. The maximum Gasteiger partial charge on any atom is 0.123 e. The van der Waals surface area contributed by atoms with Crippen molar-refractivity contribution in [3.63, 3.8) is 0 Å². The van der Waals surface area contributed by atoms with Crippen LogP contribution < -0.4 is 4.90 Å². The van der Waals surface area contributed by atoms with Crippen LogP contribution in [-0.2, 0) is 11.2 Å². The molecule has 0 N–H and O–H groups in total. The second kappa shape index (κ2) is 6.74. The number of hydrogen-bond donors (Lipinski definition) is 0. The summed E-state index contributed by atoms with van der Waals surface area (Å²) in [6.45, 7) is 6.47. The van der Waals surface area contributed by atoms with Crippen LogP contribution in [0.1, 0.15) is 43.7 Å². The van der Waals surface area contributed by atoms with E-state index >= 15 is 0 Å². The summed E-state index contributed by atoms with van der Waals surface area (Å²) in [6, 6.07) is 6.84. The van der Waals surface area contributed by atoms with E-state index in [1.807, 2.05) is 0 Å². The smallest absolute Gasteiger partial charge is 0.123 e. The molecule has 1 aromatic rings. The highest BCUT2D eigenvalue weighted by atomic mass is 16.1. The van der Waals surface area contributed by atoms with Crippen molar-refractivity contribution in [2.24, 2.45) is 5.92 Å². The van der Waals surface area contributed by atoms with E-state index in [9.17, 15) is 4.79 Å². The maximum absolute atomic E-state index is 10.8. The molecule has 0 spiro atoms. The molecule has 19 heavy (non-hydrogen) atoms. The van der Waals surface area contributed by atoms with Crippen molar-refractivity contribution in [2.45, 2.75) is 46.0 Å². The van der Waals surface area contributed by atoms with Crippen molar-refractivity contribution in [2.75, 3.05) is 18.0 Å². The summed E-state index contributed by atoms with van der Waals surface area (Å²) < 4.78 is 0. The van der Waals surface area contributed by atoms with Gasteiger partial charge in [0.2, 0.25) is 0 Å². The maximum atomic E-state index is 10.8. The van der Waals surface area contributed by atoms with E-state index in [1.54, 1.807) is 0 Å². The van der Waals surface area contributed by atoms with Gasteiger partial charge in [-0.2, -0.15) is 0 Å². The van der Waals surface area contributed by atoms with Gasteiger partial charge in [-0.05, 0) is 55.9 Å². The standard InChI is InChI=1S/C17H25NO/c1-3-4-5-16-6-7-17(12-14(16)2)18-10-8-15(13-19)9-11-18/h6-7,12-13,15H,3-5,8-11H2,1-2H3. The summed E-state index contributed by atoms with van der Waals surface area (Å²) >= 11 is 0. The van der Waals surface area contributed by atoms with Crippen molar-refractivity contribution in [1.82, 2.24) is 0 Å². The van der Waals surface area contributed by atoms with E-state index < -0.39 is 0 Å².